The number of phenolic OH excluding ortho intramolecular Hbond substituents is 1. The van der Waals surface area contributed by atoms with Crippen molar-refractivity contribution >= 4 is 11.8 Å². The molecule has 0 bridgehead atoms. The lowest BCUT2D eigenvalue weighted by Crippen LogP contribution is -2.36. The van der Waals surface area contributed by atoms with Crippen LogP contribution in [0, 0.1) is 0 Å². The first kappa shape index (κ1) is 26.1. The number of dihydropyridines is 1. The first-order valence-corrected chi connectivity index (χ1v) is 13.0. The Morgan fingerprint density at radius 3 is 2.41 bits per heavy atom. The van der Waals surface area contributed by atoms with Gasteiger partial charge in [0.1, 0.15) is 30.5 Å². The molecule has 1 aliphatic heterocycles. The van der Waals surface area contributed by atoms with Crippen LogP contribution >= 0.6 is 0 Å². The summed E-state index contributed by atoms with van der Waals surface area (Å²) >= 11 is 0. The third-order valence-corrected chi connectivity index (χ3v) is 7.17. The van der Waals surface area contributed by atoms with Crippen molar-refractivity contribution in [3.05, 3.63) is 113 Å². The number of carbonyl (C=O) groups is 2. The van der Waals surface area contributed by atoms with Crippen molar-refractivity contribution in [3.8, 4) is 17.2 Å². The molecule has 1 heterocycles. The Labute approximate surface area is 227 Å². The number of ether oxygens (including phenoxy) is 3. The zero-order valence-corrected chi connectivity index (χ0v) is 22.0. The van der Waals surface area contributed by atoms with Gasteiger partial charge in [-0.1, -0.05) is 42.5 Å². The molecule has 0 amide bonds. The standard InChI is InChI=1S/C32H31NO6/c1-20-29(32(36)39-16-15-38-26-9-4-3-5-10-26)30(22-7-6-8-24(34)17-22)31-27(33-20)18-23(19-28(31)35)21-11-13-25(37-2)14-12-21/h3-14,17,23,30,33-34H,15-16,18-19H2,1-2H3/t23-,30-/m1/s1. The number of ketones is 1. The highest BCUT2D eigenvalue weighted by Gasteiger charge is 2.41. The summed E-state index contributed by atoms with van der Waals surface area (Å²) in [4.78, 5) is 27.1. The Kier molecular flexibility index (Phi) is 7.68. The van der Waals surface area contributed by atoms with E-state index in [4.69, 9.17) is 14.2 Å². The van der Waals surface area contributed by atoms with Gasteiger partial charge in [0.15, 0.2) is 5.78 Å². The van der Waals surface area contributed by atoms with Crippen LogP contribution in [0.3, 0.4) is 0 Å². The van der Waals surface area contributed by atoms with E-state index in [2.05, 4.69) is 5.32 Å². The van der Waals surface area contributed by atoms with Crippen LogP contribution < -0.4 is 14.8 Å². The van der Waals surface area contributed by atoms with Crippen molar-refractivity contribution in [1.82, 2.24) is 5.32 Å². The normalized spacial score (nSPS) is 18.8. The van der Waals surface area contributed by atoms with Gasteiger partial charge in [0, 0.05) is 29.3 Å². The van der Waals surface area contributed by atoms with E-state index in [9.17, 15) is 14.7 Å². The second-order valence-electron chi connectivity index (χ2n) is 9.68. The Morgan fingerprint density at radius 2 is 1.69 bits per heavy atom. The fraction of sp³-hybridized carbons (Fsp3) is 0.250. The molecule has 2 N–H and O–H groups in total. The molecule has 2 aliphatic rings. The Bertz CT molecular complexity index is 1420. The van der Waals surface area contributed by atoms with Gasteiger partial charge in [-0.25, -0.2) is 4.79 Å². The van der Waals surface area contributed by atoms with E-state index < -0.39 is 11.9 Å². The lowest BCUT2D eigenvalue weighted by atomic mass is 9.71. The van der Waals surface area contributed by atoms with E-state index in [0.717, 1.165) is 17.0 Å². The number of para-hydroxylation sites is 1. The second-order valence-corrected chi connectivity index (χ2v) is 9.68. The predicted molar refractivity (Wildman–Crippen MR) is 147 cm³/mol. The number of carbonyl (C=O) groups excluding carboxylic acids is 2. The molecule has 3 aromatic rings. The van der Waals surface area contributed by atoms with Crippen molar-refractivity contribution in [3.63, 3.8) is 0 Å². The number of rotatable bonds is 8. The summed E-state index contributed by atoms with van der Waals surface area (Å²) in [5.41, 5.74) is 4.03. The van der Waals surface area contributed by atoms with E-state index in [-0.39, 0.29) is 30.7 Å². The van der Waals surface area contributed by atoms with Crippen LogP contribution in [0.2, 0.25) is 0 Å². The van der Waals surface area contributed by atoms with Gasteiger partial charge in [-0.2, -0.15) is 0 Å². The SMILES string of the molecule is COc1ccc([C@H]2CC(=O)C3=C(C2)NC(C)=C(C(=O)OCCOc2ccccc2)[C@H]3c2cccc(O)c2)cc1. The second kappa shape index (κ2) is 11.5. The third kappa shape index (κ3) is 5.67. The number of nitrogens with one attached hydrogen (secondary N) is 1. The number of allylic oxidation sites excluding steroid dienone is 3. The number of hydrogen-bond donors (Lipinski definition) is 2. The molecule has 7 heteroatoms. The average molecular weight is 526 g/mol. The molecule has 1 aliphatic carbocycles. The number of phenols is 1. The fourth-order valence-electron chi connectivity index (χ4n) is 5.35. The van der Waals surface area contributed by atoms with Crippen LogP contribution in [0.4, 0.5) is 0 Å². The van der Waals surface area contributed by atoms with Crippen LogP contribution in [0.1, 0.15) is 42.7 Å². The molecule has 0 radical (unpaired) electrons. The first-order chi connectivity index (χ1) is 18.9. The number of aromatic hydroxyl groups is 1. The van der Waals surface area contributed by atoms with Gasteiger partial charge >= 0.3 is 5.97 Å². The molecule has 0 unspecified atom stereocenters. The maximum atomic E-state index is 13.7. The predicted octanol–water partition coefficient (Wildman–Crippen LogP) is 5.38. The molecule has 2 atom stereocenters. The highest BCUT2D eigenvalue weighted by Crippen LogP contribution is 2.46. The van der Waals surface area contributed by atoms with Crippen molar-refractivity contribution in [2.75, 3.05) is 20.3 Å². The van der Waals surface area contributed by atoms with Gasteiger partial charge in [-0.15, -0.1) is 0 Å². The van der Waals surface area contributed by atoms with Gasteiger partial charge < -0.3 is 24.6 Å². The number of benzene rings is 3. The molecular weight excluding hydrogens is 494 g/mol. The minimum Gasteiger partial charge on any atom is -0.508 e. The Morgan fingerprint density at radius 1 is 0.923 bits per heavy atom. The van der Waals surface area contributed by atoms with Gasteiger partial charge in [-0.05, 0) is 66.8 Å². The van der Waals surface area contributed by atoms with Crippen molar-refractivity contribution < 1.29 is 28.9 Å². The van der Waals surface area contributed by atoms with Gasteiger partial charge in [0.2, 0.25) is 0 Å². The maximum Gasteiger partial charge on any atom is 0.336 e. The zero-order chi connectivity index (χ0) is 27.4. The summed E-state index contributed by atoms with van der Waals surface area (Å²) < 4.78 is 16.5. The van der Waals surface area contributed by atoms with Gasteiger partial charge in [0.05, 0.1) is 12.7 Å². The molecule has 3 aromatic carbocycles. The van der Waals surface area contributed by atoms with E-state index >= 15 is 0 Å². The first-order valence-electron chi connectivity index (χ1n) is 13.0. The topological polar surface area (TPSA) is 94.1 Å². The summed E-state index contributed by atoms with van der Waals surface area (Å²) in [6.45, 7) is 2.07. The smallest absolute Gasteiger partial charge is 0.336 e. The van der Waals surface area contributed by atoms with Crippen molar-refractivity contribution in [2.24, 2.45) is 0 Å². The summed E-state index contributed by atoms with van der Waals surface area (Å²) in [5.74, 6) is 0.293. The summed E-state index contributed by atoms with van der Waals surface area (Å²) in [7, 11) is 1.62. The van der Waals surface area contributed by atoms with E-state index in [1.807, 2.05) is 67.6 Å². The Hall–Kier alpha value is -4.52. The van der Waals surface area contributed by atoms with Crippen LogP contribution in [-0.2, 0) is 14.3 Å². The summed E-state index contributed by atoms with van der Waals surface area (Å²) in [5, 5.41) is 13.6. The number of esters is 1. The average Bonchev–Trinajstić information content (AvgIpc) is 2.95. The van der Waals surface area contributed by atoms with Crippen LogP contribution in [0.15, 0.2) is 101 Å². The number of hydrogen-bond acceptors (Lipinski definition) is 7. The molecule has 39 heavy (non-hydrogen) atoms. The minimum absolute atomic E-state index is 0.00378. The molecular formula is C32H31NO6. The van der Waals surface area contributed by atoms with E-state index in [0.29, 0.717) is 41.0 Å². The molecule has 200 valence electrons. The number of methoxy groups -OCH3 is 1. The van der Waals surface area contributed by atoms with E-state index in [1.54, 1.807) is 25.3 Å². The molecule has 7 nitrogen and oxygen atoms in total. The summed E-state index contributed by atoms with van der Waals surface area (Å²) in [6, 6.07) is 23.8. The van der Waals surface area contributed by atoms with E-state index in [1.165, 1.54) is 0 Å². The zero-order valence-electron chi connectivity index (χ0n) is 22.0. The molecule has 0 saturated carbocycles. The minimum atomic E-state index is -0.653. The lowest BCUT2D eigenvalue weighted by molar-refractivity contribution is -0.140. The highest BCUT2D eigenvalue weighted by atomic mass is 16.6. The fourth-order valence-corrected chi connectivity index (χ4v) is 5.35. The van der Waals surface area contributed by atoms with Crippen LogP contribution in [-0.4, -0.2) is 37.2 Å². The van der Waals surface area contributed by atoms with Crippen LogP contribution in [0.25, 0.3) is 0 Å². The maximum absolute atomic E-state index is 13.7. The molecule has 0 fully saturated rings. The van der Waals surface area contributed by atoms with Gasteiger partial charge in [0.25, 0.3) is 0 Å². The largest absolute Gasteiger partial charge is 0.508 e. The molecule has 0 spiro atoms. The third-order valence-electron chi connectivity index (χ3n) is 7.17. The Balaban J connectivity index is 1.41. The summed E-state index contributed by atoms with van der Waals surface area (Å²) in [6.07, 6.45) is 0.932. The molecule has 0 aromatic heterocycles. The van der Waals surface area contributed by atoms with Crippen LogP contribution in [0.5, 0.6) is 17.2 Å². The molecule has 5 rings (SSSR count). The van der Waals surface area contributed by atoms with Crippen molar-refractivity contribution in [1.29, 1.82) is 0 Å². The lowest BCUT2D eigenvalue weighted by Gasteiger charge is -2.36. The van der Waals surface area contributed by atoms with Gasteiger partial charge in [-0.3, -0.25) is 4.79 Å². The van der Waals surface area contributed by atoms with Crippen molar-refractivity contribution in [2.45, 2.75) is 31.6 Å². The quantitative estimate of drug-likeness (QED) is 0.301. The number of Topliss-reactive ketones (excluding diaryl/α,β-unsaturated/α-hetero) is 1. The monoisotopic (exact) mass is 525 g/mol. The molecule has 0 saturated heterocycles. The highest BCUT2D eigenvalue weighted by molar-refractivity contribution is 6.04.